The highest BCUT2D eigenvalue weighted by Gasteiger charge is 2.31. The van der Waals surface area contributed by atoms with Crippen LogP contribution in [-0.4, -0.2) is 28.4 Å². The molecule has 0 saturated carbocycles. The Morgan fingerprint density at radius 3 is 2.72 bits per heavy atom. The number of carbonyl (C=O) groups is 2. The van der Waals surface area contributed by atoms with Gasteiger partial charge in [0.15, 0.2) is 5.82 Å². The molecule has 5 nitrogen and oxygen atoms in total. The summed E-state index contributed by atoms with van der Waals surface area (Å²) in [5, 5.41) is 0. The van der Waals surface area contributed by atoms with E-state index in [0.717, 1.165) is 0 Å². The smallest absolute Gasteiger partial charge is 0.264 e. The summed E-state index contributed by atoms with van der Waals surface area (Å²) in [4.78, 5) is 28.5. The zero-order valence-corrected chi connectivity index (χ0v) is 9.93. The summed E-state index contributed by atoms with van der Waals surface area (Å²) in [5.74, 6) is 0.241. The summed E-state index contributed by atoms with van der Waals surface area (Å²) in [7, 11) is 1.52. The third-order valence-corrected chi connectivity index (χ3v) is 2.95. The second-order valence-electron chi connectivity index (χ2n) is 4.12. The van der Waals surface area contributed by atoms with Crippen LogP contribution in [0.2, 0.25) is 0 Å². The Bertz CT molecular complexity index is 686. The second kappa shape index (κ2) is 3.53. The molecule has 0 aliphatic carbocycles. The maximum absolute atomic E-state index is 12.3. The third kappa shape index (κ3) is 1.30. The molecule has 2 aromatic rings. The lowest BCUT2D eigenvalue weighted by atomic mass is 9.99. The predicted octanol–water partition coefficient (Wildman–Crippen LogP) is 1.43. The highest BCUT2D eigenvalue weighted by molar-refractivity contribution is 6.19. The van der Waals surface area contributed by atoms with Crippen LogP contribution in [0.4, 0.5) is 0 Å². The van der Waals surface area contributed by atoms with E-state index in [4.69, 9.17) is 4.74 Å². The highest BCUT2D eigenvalue weighted by atomic mass is 16.5. The first-order chi connectivity index (χ1) is 8.61. The molecule has 5 heteroatoms. The molecule has 2 heterocycles. The summed E-state index contributed by atoms with van der Waals surface area (Å²) < 4.78 is 6.36. The van der Waals surface area contributed by atoms with Crippen molar-refractivity contribution in [2.75, 3.05) is 7.11 Å². The quantitative estimate of drug-likeness (QED) is 0.647. The lowest BCUT2D eigenvalue weighted by Crippen LogP contribution is -2.26. The molecular weight excluding hydrogens is 232 g/mol. The van der Waals surface area contributed by atoms with Gasteiger partial charge < -0.3 is 4.74 Å². The van der Waals surface area contributed by atoms with Gasteiger partial charge in [-0.3, -0.25) is 14.2 Å². The van der Waals surface area contributed by atoms with Gasteiger partial charge in [-0.2, -0.15) is 0 Å². The zero-order valence-electron chi connectivity index (χ0n) is 9.93. The second-order valence-corrected chi connectivity index (χ2v) is 4.12. The van der Waals surface area contributed by atoms with Crippen LogP contribution < -0.4 is 4.74 Å². The minimum Gasteiger partial charge on any atom is -0.497 e. The Balaban J connectivity index is 2.26. The van der Waals surface area contributed by atoms with Crippen molar-refractivity contribution in [1.82, 2.24) is 9.55 Å². The number of hydrogen-bond donors (Lipinski definition) is 0. The van der Waals surface area contributed by atoms with E-state index in [-0.39, 0.29) is 17.5 Å². The predicted molar refractivity (Wildman–Crippen MR) is 63.1 cm³/mol. The molecule has 0 radical (unpaired) electrons. The minimum absolute atomic E-state index is 0.176. The van der Waals surface area contributed by atoms with Gasteiger partial charge in [-0.1, -0.05) is 0 Å². The minimum atomic E-state index is -0.251. The number of hydrogen-bond acceptors (Lipinski definition) is 4. The Morgan fingerprint density at radius 1 is 1.22 bits per heavy atom. The number of ketones is 1. The van der Waals surface area contributed by atoms with E-state index in [1.165, 1.54) is 11.7 Å². The van der Waals surface area contributed by atoms with E-state index >= 15 is 0 Å². The fourth-order valence-corrected chi connectivity index (χ4v) is 2.09. The van der Waals surface area contributed by atoms with Crippen LogP contribution in [0.1, 0.15) is 32.2 Å². The first kappa shape index (κ1) is 10.7. The summed E-state index contributed by atoms with van der Waals surface area (Å²) in [6.07, 6.45) is 1.57. The van der Waals surface area contributed by atoms with Crippen molar-refractivity contribution >= 4 is 11.7 Å². The van der Waals surface area contributed by atoms with E-state index in [2.05, 4.69) is 4.98 Å². The van der Waals surface area contributed by atoms with E-state index < -0.39 is 0 Å². The van der Waals surface area contributed by atoms with Gasteiger partial charge in [0.25, 0.3) is 5.91 Å². The Morgan fingerprint density at radius 2 is 2.00 bits per heavy atom. The fraction of sp³-hybridized carbons (Fsp3) is 0.154. The van der Waals surface area contributed by atoms with Gasteiger partial charge in [0.2, 0.25) is 5.78 Å². The van der Waals surface area contributed by atoms with Crippen molar-refractivity contribution in [3.05, 3.63) is 47.0 Å². The van der Waals surface area contributed by atoms with Crippen molar-refractivity contribution in [1.29, 1.82) is 0 Å². The standard InChI is InChI=1S/C13H10N2O3/c1-7-6-15-12(14-7)11(16)9-4-3-8(18-2)5-10(9)13(15)17/h3-6H,1-2H3. The molecule has 1 aliphatic heterocycles. The largest absolute Gasteiger partial charge is 0.497 e. The number of aryl methyl sites for hydroxylation is 1. The van der Waals surface area contributed by atoms with Crippen molar-refractivity contribution in [3.8, 4) is 5.75 Å². The normalized spacial score (nSPS) is 13.2. The van der Waals surface area contributed by atoms with Gasteiger partial charge in [0, 0.05) is 11.8 Å². The van der Waals surface area contributed by atoms with E-state index in [9.17, 15) is 9.59 Å². The van der Waals surface area contributed by atoms with Crippen molar-refractivity contribution in [2.24, 2.45) is 0 Å². The number of rotatable bonds is 1. The Kier molecular flexibility index (Phi) is 2.10. The molecule has 0 N–H and O–H groups in total. The van der Waals surface area contributed by atoms with Crippen LogP contribution >= 0.6 is 0 Å². The summed E-state index contributed by atoms with van der Waals surface area (Å²) >= 11 is 0. The van der Waals surface area contributed by atoms with Crippen molar-refractivity contribution in [3.63, 3.8) is 0 Å². The molecule has 90 valence electrons. The molecule has 1 aromatic carbocycles. The van der Waals surface area contributed by atoms with Gasteiger partial charge >= 0.3 is 0 Å². The number of nitrogens with zero attached hydrogens (tertiary/aromatic N) is 2. The zero-order chi connectivity index (χ0) is 12.9. The SMILES string of the molecule is COc1ccc2c(c1)C(=O)n1cc(C)nc1C2=O. The van der Waals surface area contributed by atoms with Crippen LogP contribution in [0.3, 0.4) is 0 Å². The maximum Gasteiger partial charge on any atom is 0.264 e. The van der Waals surface area contributed by atoms with Gasteiger partial charge in [-0.05, 0) is 25.1 Å². The van der Waals surface area contributed by atoms with Crippen molar-refractivity contribution < 1.29 is 14.3 Å². The average Bonchev–Trinajstić information content (AvgIpc) is 2.77. The number of fused-ring (bicyclic) bond motifs is 2. The van der Waals surface area contributed by atoms with Crippen LogP contribution in [0, 0.1) is 6.92 Å². The fourth-order valence-electron chi connectivity index (χ4n) is 2.09. The first-order valence-corrected chi connectivity index (χ1v) is 5.45. The van der Waals surface area contributed by atoms with Gasteiger partial charge in [-0.25, -0.2) is 4.98 Å². The third-order valence-electron chi connectivity index (χ3n) is 2.95. The van der Waals surface area contributed by atoms with Gasteiger partial charge in [0.1, 0.15) is 5.75 Å². The number of benzene rings is 1. The number of carbonyl (C=O) groups excluding carboxylic acids is 2. The molecule has 18 heavy (non-hydrogen) atoms. The molecule has 0 saturated heterocycles. The lowest BCUT2D eigenvalue weighted by molar-refractivity contribution is 0.0907. The number of methoxy groups -OCH3 is 1. The highest BCUT2D eigenvalue weighted by Crippen LogP contribution is 2.25. The summed E-state index contributed by atoms with van der Waals surface area (Å²) in [5.41, 5.74) is 1.37. The van der Waals surface area contributed by atoms with Crippen LogP contribution in [0.5, 0.6) is 5.75 Å². The molecule has 0 unspecified atom stereocenters. The first-order valence-electron chi connectivity index (χ1n) is 5.45. The van der Waals surface area contributed by atoms with E-state index in [1.807, 2.05) is 0 Å². The van der Waals surface area contributed by atoms with Crippen molar-refractivity contribution in [2.45, 2.75) is 6.92 Å². The molecular formula is C13H10N2O3. The molecule has 1 aromatic heterocycles. The molecule has 3 rings (SSSR count). The number of ether oxygens (including phenoxy) is 1. The van der Waals surface area contributed by atoms with E-state index in [1.54, 1.807) is 31.3 Å². The molecule has 0 bridgehead atoms. The molecule has 0 spiro atoms. The summed E-state index contributed by atoms with van der Waals surface area (Å²) in [6, 6.07) is 4.84. The number of aromatic nitrogens is 2. The van der Waals surface area contributed by atoms with Gasteiger partial charge in [-0.15, -0.1) is 0 Å². The monoisotopic (exact) mass is 242 g/mol. The number of imidazole rings is 1. The average molecular weight is 242 g/mol. The van der Waals surface area contributed by atoms with Crippen LogP contribution in [0.25, 0.3) is 0 Å². The molecule has 0 amide bonds. The maximum atomic E-state index is 12.3. The van der Waals surface area contributed by atoms with E-state index in [0.29, 0.717) is 22.6 Å². The summed E-state index contributed by atoms with van der Waals surface area (Å²) in [6.45, 7) is 1.75. The Labute approximate surface area is 103 Å². The molecule has 1 aliphatic rings. The van der Waals surface area contributed by atoms with Crippen LogP contribution in [0.15, 0.2) is 24.4 Å². The lowest BCUT2D eigenvalue weighted by Gasteiger charge is -2.15. The molecule has 0 atom stereocenters. The van der Waals surface area contributed by atoms with Gasteiger partial charge in [0.05, 0.1) is 18.4 Å². The Hall–Kier alpha value is -2.43. The molecule has 0 fully saturated rings. The van der Waals surface area contributed by atoms with Crippen LogP contribution in [-0.2, 0) is 0 Å². The topological polar surface area (TPSA) is 61.2 Å².